The van der Waals surface area contributed by atoms with Crippen molar-refractivity contribution in [2.75, 3.05) is 5.32 Å². The summed E-state index contributed by atoms with van der Waals surface area (Å²) in [6, 6.07) is 25.7. The first-order valence-corrected chi connectivity index (χ1v) is 13.8. The van der Waals surface area contributed by atoms with Crippen LogP contribution in [0.3, 0.4) is 0 Å². The van der Waals surface area contributed by atoms with Crippen LogP contribution in [0.4, 0.5) is 5.69 Å². The molecular weight excluding hydrogens is 601 g/mol. The third kappa shape index (κ3) is 5.71. The monoisotopic (exact) mass is 617 g/mol. The number of rotatable bonds is 5. The van der Waals surface area contributed by atoms with Crippen molar-refractivity contribution in [3.05, 3.63) is 112 Å². The fourth-order valence-corrected chi connectivity index (χ4v) is 5.18. The molecule has 0 spiro atoms. The number of carbonyl (C=O) groups is 1. The minimum Gasteiger partial charge on any atom is -0.457 e. The number of anilines is 1. The van der Waals surface area contributed by atoms with Gasteiger partial charge in [-0.15, -0.1) is 0 Å². The molecule has 2 aromatic heterocycles. The Labute approximate surface area is 254 Å². The third-order valence-electron chi connectivity index (χ3n) is 6.22. The molecule has 0 radical (unpaired) electrons. The summed E-state index contributed by atoms with van der Waals surface area (Å²) in [5, 5.41) is 9.09. The lowest BCUT2D eigenvalue weighted by molar-refractivity contribution is -0.115. The van der Waals surface area contributed by atoms with Crippen molar-refractivity contribution >= 4 is 91.7 Å². The van der Waals surface area contributed by atoms with E-state index in [0.29, 0.717) is 54.8 Å². The highest BCUT2D eigenvalue weighted by Crippen LogP contribution is 2.35. The number of hydrogen-bond donors (Lipinski definition) is 2. The molecule has 6 rings (SSSR count). The molecule has 2 heterocycles. The van der Waals surface area contributed by atoms with Crippen molar-refractivity contribution < 1.29 is 13.6 Å². The maximum Gasteiger partial charge on any atom is 0.250 e. The number of hydrogen-bond acceptors (Lipinski definition) is 5. The molecule has 0 unspecified atom stereocenters. The van der Waals surface area contributed by atoms with Gasteiger partial charge < -0.3 is 14.2 Å². The third-order valence-corrected chi connectivity index (χ3v) is 7.58. The molecule has 0 saturated heterocycles. The molecule has 0 atom stereocenters. The van der Waals surface area contributed by atoms with E-state index in [9.17, 15) is 4.79 Å². The van der Waals surface area contributed by atoms with Gasteiger partial charge in [-0.25, -0.2) is 4.98 Å². The molecule has 1 amide bonds. The van der Waals surface area contributed by atoms with E-state index >= 15 is 0 Å². The number of aromatic nitrogens is 1. The van der Waals surface area contributed by atoms with E-state index in [-0.39, 0.29) is 5.11 Å². The minimum absolute atomic E-state index is 0.122. The van der Waals surface area contributed by atoms with Gasteiger partial charge in [0.2, 0.25) is 11.8 Å². The zero-order chi connectivity index (χ0) is 28.5. The molecule has 0 aliphatic carbocycles. The highest BCUT2D eigenvalue weighted by Gasteiger charge is 2.14. The Morgan fingerprint density at radius 3 is 2.46 bits per heavy atom. The lowest BCUT2D eigenvalue weighted by Crippen LogP contribution is -2.32. The highest BCUT2D eigenvalue weighted by molar-refractivity contribution is 7.80. The molecule has 0 saturated carbocycles. The van der Waals surface area contributed by atoms with E-state index < -0.39 is 5.91 Å². The molecule has 0 aliphatic rings. The standard InChI is InChI=1S/C31H18Cl3N3O3S/c32-23-8-2-4-19-20(23)5-1-6-21(19)30-36-25-16-17(10-13-27(25)40-30)35-31(41)37-28(38)15-12-18-11-14-26(39-18)22-7-3-9-24(33)29(22)34/h1-16H,(H2,35,37,38,41). The average Bonchev–Trinajstić information content (AvgIpc) is 3.60. The van der Waals surface area contributed by atoms with Crippen molar-refractivity contribution in [3.63, 3.8) is 0 Å². The molecule has 41 heavy (non-hydrogen) atoms. The maximum absolute atomic E-state index is 12.5. The van der Waals surface area contributed by atoms with E-state index in [1.807, 2.05) is 36.4 Å². The molecule has 0 bridgehead atoms. The first-order valence-electron chi connectivity index (χ1n) is 12.3. The van der Waals surface area contributed by atoms with Crippen molar-refractivity contribution in [2.24, 2.45) is 0 Å². The van der Waals surface area contributed by atoms with Crippen molar-refractivity contribution in [1.82, 2.24) is 10.3 Å². The summed E-state index contributed by atoms with van der Waals surface area (Å²) in [4.78, 5) is 17.1. The molecule has 0 fully saturated rings. The van der Waals surface area contributed by atoms with Crippen molar-refractivity contribution in [2.45, 2.75) is 0 Å². The van der Waals surface area contributed by atoms with Crippen LogP contribution in [0, 0.1) is 0 Å². The lowest BCUT2D eigenvalue weighted by Gasteiger charge is -2.07. The number of nitrogens with one attached hydrogen (secondary N) is 2. The predicted octanol–water partition coefficient (Wildman–Crippen LogP) is 9.39. The minimum atomic E-state index is -0.430. The van der Waals surface area contributed by atoms with Gasteiger partial charge in [-0.1, -0.05) is 65.1 Å². The van der Waals surface area contributed by atoms with Crippen LogP contribution in [0.5, 0.6) is 0 Å². The number of carbonyl (C=O) groups excluding carboxylic acids is 1. The van der Waals surface area contributed by atoms with Gasteiger partial charge in [0.15, 0.2) is 10.7 Å². The second-order valence-corrected chi connectivity index (χ2v) is 10.5. The summed E-state index contributed by atoms with van der Waals surface area (Å²) in [5.74, 6) is 1.04. The Bertz CT molecular complexity index is 2000. The second-order valence-electron chi connectivity index (χ2n) is 8.92. The van der Waals surface area contributed by atoms with E-state index in [4.69, 9.17) is 55.9 Å². The topological polar surface area (TPSA) is 80.3 Å². The molecule has 4 aromatic carbocycles. The van der Waals surface area contributed by atoms with Crippen LogP contribution >= 0.6 is 47.0 Å². The summed E-state index contributed by atoms with van der Waals surface area (Å²) in [6.07, 6.45) is 2.85. The number of benzene rings is 4. The molecule has 202 valence electrons. The zero-order valence-electron chi connectivity index (χ0n) is 21.0. The van der Waals surface area contributed by atoms with E-state index in [0.717, 1.165) is 16.3 Å². The summed E-state index contributed by atoms with van der Waals surface area (Å²) >= 11 is 24.0. The molecule has 0 aliphatic heterocycles. The predicted molar refractivity (Wildman–Crippen MR) is 170 cm³/mol. The number of amides is 1. The SMILES string of the molecule is O=C(C=Cc1ccc(-c2cccc(Cl)c2Cl)o1)NC(=S)Nc1ccc2oc(-c3cccc4c(Cl)cccc34)nc2c1. The summed E-state index contributed by atoms with van der Waals surface area (Å²) in [6.45, 7) is 0. The van der Waals surface area contributed by atoms with Gasteiger partial charge in [-0.2, -0.15) is 0 Å². The Morgan fingerprint density at radius 1 is 0.829 bits per heavy atom. The molecule has 6 aromatic rings. The van der Waals surface area contributed by atoms with Crippen LogP contribution in [0.25, 0.3) is 50.7 Å². The van der Waals surface area contributed by atoms with Gasteiger partial charge in [-0.3, -0.25) is 10.1 Å². The first kappa shape index (κ1) is 27.1. The number of oxazole rings is 1. The Kier molecular flexibility index (Phi) is 7.51. The van der Waals surface area contributed by atoms with Gasteiger partial charge in [0, 0.05) is 33.3 Å². The number of fused-ring (bicyclic) bond motifs is 2. The van der Waals surface area contributed by atoms with Gasteiger partial charge in [0.1, 0.15) is 17.0 Å². The molecule has 10 heteroatoms. The number of thiocarbonyl (C=S) groups is 1. The van der Waals surface area contributed by atoms with Crippen LogP contribution in [-0.4, -0.2) is 16.0 Å². The largest absolute Gasteiger partial charge is 0.457 e. The Balaban J connectivity index is 1.12. The van der Waals surface area contributed by atoms with Crippen LogP contribution < -0.4 is 10.6 Å². The average molecular weight is 619 g/mol. The van der Waals surface area contributed by atoms with Crippen LogP contribution in [-0.2, 0) is 4.79 Å². The fourth-order valence-electron chi connectivity index (χ4n) is 4.33. The van der Waals surface area contributed by atoms with Gasteiger partial charge in [-0.05, 0) is 78.3 Å². The normalized spacial score (nSPS) is 11.4. The van der Waals surface area contributed by atoms with Gasteiger partial charge in [0.05, 0.1) is 10.0 Å². The van der Waals surface area contributed by atoms with E-state index in [2.05, 4.69) is 15.6 Å². The Morgan fingerprint density at radius 2 is 1.59 bits per heavy atom. The lowest BCUT2D eigenvalue weighted by atomic mass is 10.0. The number of nitrogens with zero attached hydrogens (tertiary/aromatic N) is 1. The summed E-state index contributed by atoms with van der Waals surface area (Å²) in [5.41, 5.74) is 3.38. The molecule has 6 nitrogen and oxygen atoms in total. The van der Waals surface area contributed by atoms with Crippen LogP contribution in [0.2, 0.25) is 15.1 Å². The zero-order valence-corrected chi connectivity index (χ0v) is 24.0. The van der Waals surface area contributed by atoms with Gasteiger partial charge >= 0.3 is 0 Å². The maximum atomic E-state index is 12.5. The van der Waals surface area contributed by atoms with E-state index in [1.165, 1.54) is 12.2 Å². The van der Waals surface area contributed by atoms with Crippen molar-refractivity contribution in [3.8, 4) is 22.8 Å². The number of halogens is 3. The molecular formula is C31H18Cl3N3O3S. The first-order chi connectivity index (χ1) is 19.9. The molecule has 2 N–H and O–H groups in total. The quantitative estimate of drug-likeness (QED) is 0.148. The highest BCUT2D eigenvalue weighted by atomic mass is 35.5. The van der Waals surface area contributed by atoms with Gasteiger partial charge in [0.25, 0.3) is 0 Å². The Hall–Kier alpha value is -4.14. The van der Waals surface area contributed by atoms with Crippen LogP contribution in [0.1, 0.15) is 5.76 Å². The van der Waals surface area contributed by atoms with E-state index in [1.54, 1.807) is 48.5 Å². The second kappa shape index (κ2) is 11.4. The fraction of sp³-hybridized carbons (Fsp3) is 0. The number of furan rings is 1. The van der Waals surface area contributed by atoms with Crippen LogP contribution in [0.15, 0.2) is 99.8 Å². The summed E-state index contributed by atoms with van der Waals surface area (Å²) in [7, 11) is 0. The smallest absolute Gasteiger partial charge is 0.250 e. The summed E-state index contributed by atoms with van der Waals surface area (Å²) < 4.78 is 11.8. The van der Waals surface area contributed by atoms with Crippen molar-refractivity contribution in [1.29, 1.82) is 0 Å².